The summed E-state index contributed by atoms with van der Waals surface area (Å²) in [6.07, 6.45) is 2.19. The van der Waals surface area contributed by atoms with Gasteiger partial charge in [-0.1, -0.05) is 0 Å². The Kier molecular flexibility index (Phi) is 4.30. The standard InChI is InChI=1S/C14H12O4S/c1-2-17-14(16)13(10-5-6-19-9-10)7-11-3-4-12(8-15)18-11/h3-9H,2H2,1H3/b13-7+. The van der Waals surface area contributed by atoms with E-state index in [0.717, 1.165) is 5.56 Å². The summed E-state index contributed by atoms with van der Waals surface area (Å²) < 4.78 is 10.3. The lowest BCUT2D eigenvalue weighted by Crippen LogP contribution is -2.06. The van der Waals surface area contributed by atoms with Crippen LogP contribution in [0, 0.1) is 0 Å². The van der Waals surface area contributed by atoms with Gasteiger partial charge < -0.3 is 9.15 Å². The third-order valence-electron chi connectivity index (χ3n) is 2.38. The number of hydrogen-bond donors (Lipinski definition) is 0. The van der Waals surface area contributed by atoms with Crippen LogP contribution in [0.25, 0.3) is 11.6 Å². The molecule has 0 saturated carbocycles. The molecule has 0 fully saturated rings. The van der Waals surface area contributed by atoms with Crippen molar-refractivity contribution < 1.29 is 18.7 Å². The highest BCUT2D eigenvalue weighted by atomic mass is 32.1. The normalized spacial score (nSPS) is 11.3. The van der Waals surface area contributed by atoms with Gasteiger partial charge in [0.15, 0.2) is 12.0 Å². The molecule has 5 heteroatoms. The fourth-order valence-electron chi connectivity index (χ4n) is 1.54. The monoisotopic (exact) mass is 276 g/mol. The summed E-state index contributed by atoms with van der Waals surface area (Å²) in [6, 6.07) is 5.02. The van der Waals surface area contributed by atoms with Gasteiger partial charge in [-0.2, -0.15) is 11.3 Å². The Morgan fingerprint density at radius 3 is 2.74 bits per heavy atom. The molecule has 0 unspecified atom stereocenters. The maximum atomic E-state index is 11.9. The summed E-state index contributed by atoms with van der Waals surface area (Å²) in [5.41, 5.74) is 1.18. The van der Waals surface area contributed by atoms with Crippen molar-refractivity contribution in [1.82, 2.24) is 0 Å². The van der Waals surface area contributed by atoms with E-state index in [9.17, 15) is 9.59 Å². The van der Waals surface area contributed by atoms with E-state index >= 15 is 0 Å². The van der Waals surface area contributed by atoms with Gasteiger partial charge in [-0.05, 0) is 47.5 Å². The predicted molar refractivity (Wildman–Crippen MR) is 72.9 cm³/mol. The lowest BCUT2D eigenvalue weighted by atomic mass is 10.1. The summed E-state index contributed by atoms with van der Waals surface area (Å²) in [5.74, 6) is 0.251. The molecule has 0 bridgehead atoms. The minimum absolute atomic E-state index is 0.222. The topological polar surface area (TPSA) is 56.5 Å². The van der Waals surface area contributed by atoms with Gasteiger partial charge >= 0.3 is 5.97 Å². The van der Waals surface area contributed by atoms with Crippen molar-refractivity contribution >= 4 is 35.2 Å². The van der Waals surface area contributed by atoms with Crippen LogP contribution in [0.3, 0.4) is 0 Å². The molecule has 2 aromatic rings. The molecule has 2 rings (SSSR count). The second-order valence-corrected chi connectivity index (χ2v) is 4.43. The fraction of sp³-hybridized carbons (Fsp3) is 0.143. The number of thiophene rings is 1. The quantitative estimate of drug-likeness (QED) is 0.478. The van der Waals surface area contributed by atoms with Gasteiger partial charge in [0.1, 0.15) is 5.76 Å². The molecule has 4 nitrogen and oxygen atoms in total. The third-order valence-corrected chi connectivity index (χ3v) is 3.06. The first-order valence-electron chi connectivity index (χ1n) is 5.71. The van der Waals surface area contributed by atoms with Crippen LogP contribution >= 0.6 is 11.3 Å². The number of carbonyl (C=O) groups is 2. The highest BCUT2D eigenvalue weighted by Crippen LogP contribution is 2.23. The Morgan fingerprint density at radius 2 is 2.16 bits per heavy atom. The molecule has 0 amide bonds. The zero-order valence-corrected chi connectivity index (χ0v) is 11.1. The van der Waals surface area contributed by atoms with Crippen molar-refractivity contribution in [2.24, 2.45) is 0 Å². The van der Waals surface area contributed by atoms with Crippen molar-refractivity contribution in [3.63, 3.8) is 0 Å². The van der Waals surface area contributed by atoms with E-state index in [2.05, 4.69) is 0 Å². The maximum Gasteiger partial charge on any atom is 0.338 e. The minimum Gasteiger partial charge on any atom is -0.462 e. The zero-order chi connectivity index (χ0) is 13.7. The molecule has 2 heterocycles. The molecule has 98 valence electrons. The highest BCUT2D eigenvalue weighted by Gasteiger charge is 2.14. The van der Waals surface area contributed by atoms with Gasteiger partial charge in [-0.25, -0.2) is 4.79 Å². The lowest BCUT2D eigenvalue weighted by molar-refractivity contribution is -0.136. The van der Waals surface area contributed by atoms with Crippen LogP contribution in [-0.4, -0.2) is 18.9 Å². The Bertz CT molecular complexity index is 593. The van der Waals surface area contributed by atoms with Crippen LogP contribution in [0.2, 0.25) is 0 Å². The highest BCUT2D eigenvalue weighted by molar-refractivity contribution is 7.08. The van der Waals surface area contributed by atoms with E-state index in [4.69, 9.17) is 9.15 Å². The summed E-state index contributed by atoms with van der Waals surface area (Å²) in [7, 11) is 0. The molecule has 0 aromatic carbocycles. The van der Waals surface area contributed by atoms with Crippen molar-refractivity contribution in [1.29, 1.82) is 0 Å². The summed E-state index contributed by atoms with van der Waals surface area (Å²) in [4.78, 5) is 22.5. The number of esters is 1. The smallest absolute Gasteiger partial charge is 0.338 e. The van der Waals surface area contributed by atoms with Crippen LogP contribution in [0.15, 0.2) is 33.4 Å². The largest absolute Gasteiger partial charge is 0.462 e. The molecule has 0 spiro atoms. The molecule has 0 radical (unpaired) electrons. The van der Waals surface area contributed by atoms with Gasteiger partial charge in [0.05, 0.1) is 12.2 Å². The summed E-state index contributed by atoms with van der Waals surface area (Å²) in [5, 5.41) is 3.73. The second kappa shape index (κ2) is 6.15. The molecule has 0 aliphatic carbocycles. The van der Waals surface area contributed by atoms with E-state index in [1.807, 2.05) is 16.8 Å². The fourth-order valence-corrected chi connectivity index (χ4v) is 2.19. The molecule has 0 aliphatic rings. The van der Waals surface area contributed by atoms with Crippen molar-refractivity contribution in [3.05, 3.63) is 46.0 Å². The number of rotatable bonds is 5. The lowest BCUT2D eigenvalue weighted by Gasteiger charge is -2.04. The third kappa shape index (κ3) is 3.20. The van der Waals surface area contributed by atoms with E-state index in [1.54, 1.807) is 25.1 Å². The molecule has 2 aromatic heterocycles. The molecule has 0 aliphatic heterocycles. The number of carbonyl (C=O) groups excluding carboxylic acids is 2. The SMILES string of the molecule is CCOC(=O)/C(=C/c1ccc(C=O)o1)c1ccsc1. The number of aldehydes is 1. The van der Waals surface area contributed by atoms with Crippen molar-refractivity contribution in [2.75, 3.05) is 6.61 Å². The Labute approximate surface area is 114 Å². The van der Waals surface area contributed by atoms with Crippen LogP contribution in [0.5, 0.6) is 0 Å². The zero-order valence-electron chi connectivity index (χ0n) is 10.3. The van der Waals surface area contributed by atoms with Crippen LogP contribution < -0.4 is 0 Å². The van der Waals surface area contributed by atoms with Crippen LogP contribution in [0.4, 0.5) is 0 Å². The Hall–Kier alpha value is -2.14. The van der Waals surface area contributed by atoms with E-state index < -0.39 is 5.97 Å². The molecular formula is C14H12O4S. The number of ether oxygens (including phenoxy) is 1. The first-order chi connectivity index (χ1) is 9.24. The van der Waals surface area contributed by atoms with Crippen LogP contribution in [0.1, 0.15) is 28.8 Å². The molecule has 0 N–H and O–H groups in total. The van der Waals surface area contributed by atoms with Crippen molar-refractivity contribution in [3.8, 4) is 0 Å². The van der Waals surface area contributed by atoms with Gasteiger partial charge in [-0.3, -0.25) is 4.79 Å². The maximum absolute atomic E-state index is 11.9. The summed E-state index contributed by atoms with van der Waals surface area (Å²) >= 11 is 1.49. The second-order valence-electron chi connectivity index (χ2n) is 3.65. The molecule has 19 heavy (non-hydrogen) atoms. The minimum atomic E-state index is -0.412. The molecular weight excluding hydrogens is 264 g/mol. The molecule has 0 saturated heterocycles. The first kappa shape index (κ1) is 13.3. The Balaban J connectivity index is 2.36. The van der Waals surface area contributed by atoms with Gasteiger partial charge in [0.2, 0.25) is 0 Å². The van der Waals surface area contributed by atoms with Gasteiger partial charge in [0, 0.05) is 0 Å². The Morgan fingerprint density at radius 1 is 1.37 bits per heavy atom. The predicted octanol–water partition coefficient (Wildman–Crippen LogP) is 3.26. The average Bonchev–Trinajstić information content (AvgIpc) is 3.07. The summed E-state index contributed by atoms with van der Waals surface area (Å²) in [6.45, 7) is 2.05. The van der Waals surface area contributed by atoms with E-state index in [-0.39, 0.29) is 5.76 Å². The van der Waals surface area contributed by atoms with Gasteiger partial charge in [-0.15, -0.1) is 0 Å². The number of furan rings is 1. The van der Waals surface area contributed by atoms with Crippen LogP contribution in [-0.2, 0) is 9.53 Å². The average molecular weight is 276 g/mol. The van der Waals surface area contributed by atoms with E-state index in [0.29, 0.717) is 24.2 Å². The van der Waals surface area contributed by atoms with Gasteiger partial charge in [0.25, 0.3) is 0 Å². The van der Waals surface area contributed by atoms with Crippen molar-refractivity contribution in [2.45, 2.75) is 6.92 Å². The molecule has 0 atom stereocenters. The first-order valence-corrected chi connectivity index (χ1v) is 6.65. The number of hydrogen-bond acceptors (Lipinski definition) is 5. The van der Waals surface area contributed by atoms with E-state index in [1.165, 1.54) is 11.3 Å².